The first-order chi connectivity index (χ1) is 8.24. The Hall–Kier alpha value is -1.29. The number of nitrogen functional groups attached to an aromatic ring is 1. The van der Waals surface area contributed by atoms with Crippen LogP contribution in [-0.4, -0.2) is 23.7 Å². The average molecular weight is 233 g/mol. The van der Waals surface area contributed by atoms with Crippen molar-refractivity contribution in [3.8, 4) is 0 Å². The van der Waals surface area contributed by atoms with Crippen molar-refractivity contribution >= 4 is 11.5 Å². The van der Waals surface area contributed by atoms with Gasteiger partial charge in [0.25, 0.3) is 0 Å². The van der Waals surface area contributed by atoms with E-state index in [0.29, 0.717) is 12.1 Å². The van der Waals surface area contributed by atoms with Gasteiger partial charge in [-0.25, -0.2) is 4.98 Å². The van der Waals surface area contributed by atoms with Crippen LogP contribution in [0.25, 0.3) is 0 Å². The second-order valence-corrected chi connectivity index (χ2v) is 5.08. The molecule has 2 heterocycles. The van der Waals surface area contributed by atoms with E-state index < -0.39 is 0 Å². The number of ether oxygens (including phenoxy) is 1. The Bertz CT molecular complexity index is 417. The maximum Gasteiger partial charge on any atom is 0.126 e. The number of nitrogens with two attached hydrogens (primary N) is 1. The highest BCUT2D eigenvalue weighted by atomic mass is 16.5. The summed E-state index contributed by atoms with van der Waals surface area (Å²) in [4.78, 5) is 4.46. The molecule has 1 aromatic heterocycles. The summed E-state index contributed by atoms with van der Waals surface area (Å²) in [6, 6.07) is 4.27. The SMILES string of the molecule is Cc1nc(NC2CCOC2C2CC2)ccc1N. The summed E-state index contributed by atoms with van der Waals surface area (Å²) in [7, 11) is 0. The Morgan fingerprint density at radius 2 is 2.18 bits per heavy atom. The summed E-state index contributed by atoms with van der Waals surface area (Å²) in [5.74, 6) is 1.68. The van der Waals surface area contributed by atoms with Gasteiger partial charge in [-0.05, 0) is 44.2 Å². The van der Waals surface area contributed by atoms with E-state index in [2.05, 4.69) is 10.3 Å². The molecule has 4 nitrogen and oxygen atoms in total. The minimum Gasteiger partial charge on any atom is -0.397 e. The van der Waals surface area contributed by atoms with E-state index in [1.54, 1.807) is 0 Å². The topological polar surface area (TPSA) is 60.2 Å². The normalized spacial score (nSPS) is 28.3. The third-order valence-electron chi connectivity index (χ3n) is 3.68. The molecule has 0 amide bonds. The van der Waals surface area contributed by atoms with Crippen LogP contribution in [0.1, 0.15) is 25.0 Å². The van der Waals surface area contributed by atoms with Gasteiger partial charge in [0.1, 0.15) is 5.82 Å². The van der Waals surface area contributed by atoms with E-state index in [0.717, 1.165) is 36.1 Å². The zero-order valence-corrected chi connectivity index (χ0v) is 10.1. The Morgan fingerprint density at radius 3 is 2.88 bits per heavy atom. The molecule has 0 spiro atoms. The van der Waals surface area contributed by atoms with Crippen molar-refractivity contribution in [2.75, 3.05) is 17.7 Å². The van der Waals surface area contributed by atoms with Gasteiger partial charge in [-0.2, -0.15) is 0 Å². The summed E-state index contributed by atoms with van der Waals surface area (Å²) in [5, 5.41) is 3.49. The lowest BCUT2D eigenvalue weighted by Gasteiger charge is -2.20. The Labute approximate surface area is 102 Å². The van der Waals surface area contributed by atoms with Gasteiger partial charge in [-0.3, -0.25) is 0 Å². The molecule has 0 aromatic carbocycles. The van der Waals surface area contributed by atoms with E-state index in [9.17, 15) is 0 Å². The van der Waals surface area contributed by atoms with Crippen LogP contribution in [0.3, 0.4) is 0 Å². The number of hydrogen-bond donors (Lipinski definition) is 2. The average Bonchev–Trinajstić information content (AvgIpc) is 3.05. The van der Waals surface area contributed by atoms with Crippen molar-refractivity contribution in [2.24, 2.45) is 5.92 Å². The van der Waals surface area contributed by atoms with E-state index in [4.69, 9.17) is 10.5 Å². The molecular weight excluding hydrogens is 214 g/mol. The van der Waals surface area contributed by atoms with Gasteiger partial charge in [-0.15, -0.1) is 0 Å². The highest BCUT2D eigenvalue weighted by Crippen LogP contribution is 2.39. The van der Waals surface area contributed by atoms with Crippen LogP contribution in [0.15, 0.2) is 12.1 Å². The molecule has 3 rings (SSSR count). The summed E-state index contributed by atoms with van der Waals surface area (Å²) in [6.07, 6.45) is 4.09. The van der Waals surface area contributed by atoms with Crippen molar-refractivity contribution in [2.45, 2.75) is 38.3 Å². The second-order valence-electron chi connectivity index (χ2n) is 5.08. The van der Waals surface area contributed by atoms with E-state index in [1.165, 1.54) is 12.8 Å². The number of nitrogens with one attached hydrogen (secondary N) is 1. The van der Waals surface area contributed by atoms with E-state index in [-0.39, 0.29) is 0 Å². The number of hydrogen-bond acceptors (Lipinski definition) is 4. The molecule has 1 saturated heterocycles. The van der Waals surface area contributed by atoms with Crippen molar-refractivity contribution in [1.82, 2.24) is 4.98 Å². The van der Waals surface area contributed by atoms with Crippen molar-refractivity contribution < 1.29 is 4.74 Å². The lowest BCUT2D eigenvalue weighted by molar-refractivity contribution is 0.0898. The van der Waals surface area contributed by atoms with Crippen LogP contribution in [0.2, 0.25) is 0 Å². The molecule has 4 heteroatoms. The Kier molecular flexibility index (Phi) is 2.67. The summed E-state index contributed by atoms with van der Waals surface area (Å²) >= 11 is 0. The summed E-state index contributed by atoms with van der Waals surface area (Å²) in [5.41, 5.74) is 7.40. The van der Waals surface area contributed by atoms with Gasteiger partial charge >= 0.3 is 0 Å². The molecule has 0 bridgehead atoms. The molecule has 2 aliphatic rings. The molecular formula is C13H19N3O. The van der Waals surface area contributed by atoms with Crippen LogP contribution in [0.5, 0.6) is 0 Å². The fourth-order valence-electron chi connectivity index (χ4n) is 2.50. The predicted molar refractivity (Wildman–Crippen MR) is 67.9 cm³/mol. The van der Waals surface area contributed by atoms with Crippen LogP contribution >= 0.6 is 0 Å². The zero-order chi connectivity index (χ0) is 11.8. The Balaban J connectivity index is 1.70. The smallest absolute Gasteiger partial charge is 0.126 e. The van der Waals surface area contributed by atoms with Crippen molar-refractivity contribution in [3.63, 3.8) is 0 Å². The van der Waals surface area contributed by atoms with E-state index >= 15 is 0 Å². The summed E-state index contributed by atoms with van der Waals surface area (Å²) < 4.78 is 5.80. The minimum atomic E-state index is 0.384. The van der Waals surface area contributed by atoms with Gasteiger partial charge < -0.3 is 15.8 Å². The van der Waals surface area contributed by atoms with Crippen LogP contribution < -0.4 is 11.1 Å². The lowest BCUT2D eigenvalue weighted by atomic mass is 10.1. The molecule has 2 fully saturated rings. The highest BCUT2D eigenvalue weighted by molar-refractivity contribution is 5.49. The van der Waals surface area contributed by atoms with Crippen LogP contribution in [-0.2, 0) is 4.74 Å². The number of aromatic nitrogens is 1. The molecule has 3 N–H and O–H groups in total. The molecule has 2 unspecified atom stereocenters. The molecule has 17 heavy (non-hydrogen) atoms. The maximum absolute atomic E-state index is 5.80. The van der Waals surface area contributed by atoms with Gasteiger partial charge in [0, 0.05) is 6.61 Å². The molecule has 92 valence electrons. The van der Waals surface area contributed by atoms with Gasteiger partial charge in [0.15, 0.2) is 0 Å². The summed E-state index contributed by atoms with van der Waals surface area (Å²) in [6.45, 7) is 2.80. The van der Waals surface area contributed by atoms with Crippen LogP contribution in [0, 0.1) is 12.8 Å². The zero-order valence-electron chi connectivity index (χ0n) is 10.1. The fourth-order valence-corrected chi connectivity index (χ4v) is 2.50. The molecule has 1 aromatic rings. The standard InChI is InChI=1S/C13H19N3O/c1-8-10(14)4-5-12(15-8)16-11-6-7-17-13(11)9-2-3-9/h4-5,9,11,13H,2-3,6-7,14H2,1H3,(H,15,16). The number of pyridine rings is 1. The van der Waals surface area contributed by atoms with Gasteiger partial charge in [0.2, 0.25) is 0 Å². The largest absolute Gasteiger partial charge is 0.397 e. The predicted octanol–water partition coefficient (Wildman–Crippen LogP) is 1.95. The first kappa shape index (κ1) is 10.8. The molecule has 0 radical (unpaired) electrons. The number of aryl methyl sites for hydroxylation is 1. The minimum absolute atomic E-state index is 0.384. The van der Waals surface area contributed by atoms with Crippen LogP contribution in [0.4, 0.5) is 11.5 Å². The third kappa shape index (κ3) is 2.22. The maximum atomic E-state index is 5.80. The molecule has 2 atom stereocenters. The van der Waals surface area contributed by atoms with E-state index in [1.807, 2.05) is 19.1 Å². The highest BCUT2D eigenvalue weighted by Gasteiger charge is 2.40. The molecule has 1 aliphatic heterocycles. The monoisotopic (exact) mass is 233 g/mol. The lowest BCUT2D eigenvalue weighted by Crippen LogP contribution is -2.31. The first-order valence-corrected chi connectivity index (χ1v) is 6.35. The first-order valence-electron chi connectivity index (χ1n) is 6.35. The van der Waals surface area contributed by atoms with Crippen molar-refractivity contribution in [1.29, 1.82) is 0 Å². The third-order valence-corrected chi connectivity index (χ3v) is 3.68. The van der Waals surface area contributed by atoms with Gasteiger partial charge in [-0.1, -0.05) is 0 Å². The molecule has 1 aliphatic carbocycles. The fraction of sp³-hybridized carbons (Fsp3) is 0.615. The number of rotatable bonds is 3. The Morgan fingerprint density at radius 1 is 1.35 bits per heavy atom. The number of anilines is 2. The second kappa shape index (κ2) is 4.18. The van der Waals surface area contributed by atoms with Gasteiger partial charge in [0.05, 0.1) is 23.5 Å². The van der Waals surface area contributed by atoms with Crippen molar-refractivity contribution in [3.05, 3.63) is 17.8 Å². The quantitative estimate of drug-likeness (QED) is 0.837. The molecule has 1 saturated carbocycles. The number of nitrogens with zero attached hydrogens (tertiary/aromatic N) is 1.